The van der Waals surface area contributed by atoms with Crippen molar-refractivity contribution in [1.29, 1.82) is 0 Å². The van der Waals surface area contributed by atoms with Gasteiger partial charge >= 0.3 is 6.03 Å². The number of nitrogens with one attached hydrogen (secondary N) is 2. The molecule has 0 fully saturated rings. The Labute approximate surface area is 149 Å². The zero-order valence-electron chi connectivity index (χ0n) is 14.8. The molecule has 0 radical (unpaired) electrons. The number of nitrogens with zero attached hydrogens (tertiary/aromatic N) is 1. The molecule has 0 bridgehead atoms. The number of hydrogen-bond acceptors (Lipinski definition) is 3. The highest BCUT2D eigenvalue weighted by molar-refractivity contribution is 5.89. The molecule has 0 saturated heterocycles. The predicted molar refractivity (Wildman–Crippen MR) is 102 cm³/mol. The highest BCUT2D eigenvalue weighted by atomic mass is 16.5. The van der Waals surface area contributed by atoms with Crippen LogP contribution in [0.15, 0.2) is 42.5 Å². The number of aryl methyl sites for hydroxylation is 2. The number of carbonyl (C=O) groups is 1. The van der Waals surface area contributed by atoms with Gasteiger partial charge in [-0.05, 0) is 66.8 Å². The van der Waals surface area contributed by atoms with Crippen LogP contribution in [0.4, 0.5) is 16.2 Å². The fraction of sp³-hybridized carbons (Fsp3) is 0.350. The van der Waals surface area contributed by atoms with E-state index in [4.69, 9.17) is 4.74 Å². The summed E-state index contributed by atoms with van der Waals surface area (Å²) in [6.45, 7) is 0.907. The molecule has 2 aromatic carbocycles. The Morgan fingerprint density at radius 2 is 1.84 bits per heavy atom. The van der Waals surface area contributed by atoms with Gasteiger partial charge in [-0.3, -0.25) is 0 Å². The van der Waals surface area contributed by atoms with Crippen molar-refractivity contribution < 1.29 is 9.53 Å². The lowest BCUT2D eigenvalue weighted by Gasteiger charge is -2.13. The first-order valence-electron chi connectivity index (χ1n) is 8.69. The van der Waals surface area contributed by atoms with E-state index < -0.39 is 0 Å². The predicted octanol–water partition coefficient (Wildman–Crippen LogP) is 3.44. The Hall–Kier alpha value is -2.69. The van der Waals surface area contributed by atoms with Gasteiger partial charge in [-0.1, -0.05) is 6.07 Å². The third kappa shape index (κ3) is 4.66. The van der Waals surface area contributed by atoms with Crippen molar-refractivity contribution in [2.45, 2.75) is 19.3 Å². The summed E-state index contributed by atoms with van der Waals surface area (Å²) in [6.07, 6.45) is 3.54. The van der Waals surface area contributed by atoms with Gasteiger partial charge in [0, 0.05) is 25.5 Å². The molecule has 5 nitrogen and oxygen atoms in total. The standard InChI is InChI=1S/C20H25N3O2/c1-23(2)18-9-7-17(8-10-18)22-20(24)21-12-13-25-19-11-6-15-4-3-5-16(15)14-19/h6-11,14H,3-5,12-13H2,1-2H3,(H2,21,22,24). The zero-order valence-corrected chi connectivity index (χ0v) is 14.8. The SMILES string of the molecule is CN(C)c1ccc(NC(=O)NCCOc2ccc3c(c2)CCC3)cc1. The van der Waals surface area contributed by atoms with E-state index in [-0.39, 0.29) is 6.03 Å². The number of fused-ring (bicyclic) bond motifs is 1. The zero-order chi connectivity index (χ0) is 17.6. The Morgan fingerprint density at radius 1 is 1.08 bits per heavy atom. The number of carbonyl (C=O) groups excluding carboxylic acids is 1. The number of amides is 2. The third-order valence-electron chi connectivity index (χ3n) is 4.37. The van der Waals surface area contributed by atoms with Crippen molar-refractivity contribution in [2.24, 2.45) is 0 Å². The van der Waals surface area contributed by atoms with Crippen molar-refractivity contribution in [3.8, 4) is 5.75 Å². The number of rotatable bonds is 6. The highest BCUT2D eigenvalue weighted by Crippen LogP contribution is 2.25. The number of urea groups is 1. The first-order chi connectivity index (χ1) is 12.1. The van der Waals surface area contributed by atoms with Crippen molar-refractivity contribution in [3.05, 3.63) is 53.6 Å². The number of ether oxygens (including phenoxy) is 1. The minimum Gasteiger partial charge on any atom is -0.492 e. The smallest absolute Gasteiger partial charge is 0.319 e. The Balaban J connectivity index is 1.39. The van der Waals surface area contributed by atoms with Gasteiger partial charge in [0.15, 0.2) is 0 Å². The number of benzene rings is 2. The third-order valence-corrected chi connectivity index (χ3v) is 4.37. The van der Waals surface area contributed by atoms with Gasteiger partial charge in [0.2, 0.25) is 0 Å². The lowest BCUT2D eigenvalue weighted by Crippen LogP contribution is -2.32. The van der Waals surface area contributed by atoms with Crippen molar-refractivity contribution in [1.82, 2.24) is 5.32 Å². The molecule has 5 heteroatoms. The molecule has 0 unspecified atom stereocenters. The van der Waals surface area contributed by atoms with Gasteiger partial charge in [-0.2, -0.15) is 0 Å². The molecule has 0 heterocycles. The topological polar surface area (TPSA) is 53.6 Å². The Bertz CT molecular complexity index is 726. The Morgan fingerprint density at radius 3 is 2.60 bits per heavy atom. The summed E-state index contributed by atoms with van der Waals surface area (Å²) in [5.74, 6) is 0.877. The van der Waals surface area contributed by atoms with Crippen LogP contribution in [0.1, 0.15) is 17.5 Å². The first kappa shape index (κ1) is 17.1. The van der Waals surface area contributed by atoms with Crippen LogP contribution in [0.3, 0.4) is 0 Å². The van der Waals surface area contributed by atoms with Crippen LogP contribution in [-0.4, -0.2) is 33.3 Å². The molecule has 2 aromatic rings. The molecule has 0 saturated carbocycles. The van der Waals surface area contributed by atoms with Gasteiger partial charge < -0.3 is 20.3 Å². The molecule has 1 aliphatic rings. The molecule has 0 spiro atoms. The summed E-state index contributed by atoms with van der Waals surface area (Å²) >= 11 is 0. The van der Waals surface area contributed by atoms with Gasteiger partial charge in [0.05, 0.1) is 6.54 Å². The average Bonchev–Trinajstić information content (AvgIpc) is 3.07. The molecule has 3 rings (SSSR count). The van der Waals surface area contributed by atoms with Crippen LogP contribution in [0.5, 0.6) is 5.75 Å². The molecule has 25 heavy (non-hydrogen) atoms. The maximum absolute atomic E-state index is 11.9. The minimum atomic E-state index is -0.227. The van der Waals surface area contributed by atoms with Gasteiger partial charge in [-0.25, -0.2) is 4.79 Å². The monoisotopic (exact) mass is 339 g/mol. The van der Waals surface area contributed by atoms with Crippen molar-refractivity contribution >= 4 is 17.4 Å². The Kier molecular flexibility index (Phi) is 5.43. The van der Waals surface area contributed by atoms with Crippen molar-refractivity contribution in [2.75, 3.05) is 37.5 Å². The van der Waals surface area contributed by atoms with Crippen LogP contribution < -0.4 is 20.3 Å². The maximum atomic E-state index is 11.9. The lowest BCUT2D eigenvalue weighted by atomic mass is 10.1. The summed E-state index contributed by atoms with van der Waals surface area (Å²) in [5.41, 5.74) is 4.69. The molecule has 0 atom stereocenters. The second-order valence-electron chi connectivity index (χ2n) is 6.45. The molecular weight excluding hydrogens is 314 g/mol. The van der Waals surface area contributed by atoms with Crippen molar-refractivity contribution in [3.63, 3.8) is 0 Å². The second-order valence-corrected chi connectivity index (χ2v) is 6.45. The molecule has 2 N–H and O–H groups in total. The highest BCUT2D eigenvalue weighted by Gasteiger charge is 2.11. The molecule has 132 valence electrons. The molecule has 0 aliphatic heterocycles. The van der Waals surface area contributed by atoms with E-state index in [0.29, 0.717) is 13.2 Å². The van der Waals surface area contributed by atoms with E-state index in [0.717, 1.165) is 23.5 Å². The average molecular weight is 339 g/mol. The van der Waals surface area contributed by atoms with E-state index in [1.807, 2.05) is 49.3 Å². The van der Waals surface area contributed by atoms with Crippen LogP contribution in [0.2, 0.25) is 0 Å². The quantitative estimate of drug-likeness (QED) is 0.793. The molecule has 0 aromatic heterocycles. The van der Waals surface area contributed by atoms with E-state index in [2.05, 4.69) is 22.8 Å². The van der Waals surface area contributed by atoms with E-state index in [1.165, 1.54) is 24.0 Å². The summed E-state index contributed by atoms with van der Waals surface area (Å²) in [5, 5.41) is 5.62. The summed E-state index contributed by atoms with van der Waals surface area (Å²) in [7, 11) is 3.96. The molecule has 2 amide bonds. The normalized spacial score (nSPS) is 12.4. The summed E-state index contributed by atoms with van der Waals surface area (Å²) in [4.78, 5) is 13.9. The van der Waals surface area contributed by atoms with E-state index >= 15 is 0 Å². The number of hydrogen-bond donors (Lipinski definition) is 2. The summed E-state index contributed by atoms with van der Waals surface area (Å²) < 4.78 is 5.73. The minimum absolute atomic E-state index is 0.227. The largest absolute Gasteiger partial charge is 0.492 e. The fourth-order valence-electron chi connectivity index (χ4n) is 2.99. The number of anilines is 2. The van der Waals surface area contributed by atoms with Crippen LogP contribution in [-0.2, 0) is 12.8 Å². The van der Waals surface area contributed by atoms with Gasteiger partial charge in [0.1, 0.15) is 12.4 Å². The van der Waals surface area contributed by atoms with Gasteiger partial charge in [-0.15, -0.1) is 0 Å². The van der Waals surface area contributed by atoms with E-state index in [9.17, 15) is 4.79 Å². The maximum Gasteiger partial charge on any atom is 0.319 e. The van der Waals surface area contributed by atoms with Crippen LogP contribution in [0, 0.1) is 0 Å². The molecular formula is C20H25N3O2. The second kappa shape index (κ2) is 7.92. The molecule has 1 aliphatic carbocycles. The first-order valence-corrected chi connectivity index (χ1v) is 8.69. The van der Waals surface area contributed by atoms with Crippen LogP contribution in [0.25, 0.3) is 0 Å². The fourth-order valence-corrected chi connectivity index (χ4v) is 2.99. The summed E-state index contributed by atoms with van der Waals surface area (Å²) in [6, 6.07) is 13.8. The van der Waals surface area contributed by atoms with Gasteiger partial charge in [0.25, 0.3) is 0 Å². The van der Waals surface area contributed by atoms with E-state index in [1.54, 1.807) is 0 Å². The lowest BCUT2D eigenvalue weighted by molar-refractivity contribution is 0.247. The van der Waals surface area contributed by atoms with Crippen LogP contribution >= 0.6 is 0 Å².